The SMILES string of the molecule is CN1CCN(c2ccc(-c3ccn4ncc(CC(=O)O)c4c3)cc2)CC1. The number of benzene rings is 1. The topological polar surface area (TPSA) is 61.1 Å². The van der Waals surface area contributed by atoms with Crippen LogP contribution in [0.2, 0.25) is 0 Å². The van der Waals surface area contributed by atoms with Crippen LogP contribution in [0.25, 0.3) is 16.6 Å². The predicted octanol–water partition coefficient (Wildman–Crippen LogP) is 2.38. The minimum absolute atomic E-state index is 0.0186. The quantitative estimate of drug-likeness (QED) is 0.783. The predicted molar refractivity (Wildman–Crippen MR) is 102 cm³/mol. The Morgan fingerprint density at radius 1 is 1.08 bits per heavy atom. The summed E-state index contributed by atoms with van der Waals surface area (Å²) in [5.41, 5.74) is 5.00. The van der Waals surface area contributed by atoms with Gasteiger partial charge in [0.15, 0.2) is 0 Å². The smallest absolute Gasteiger partial charge is 0.307 e. The summed E-state index contributed by atoms with van der Waals surface area (Å²) in [6.07, 6.45) is 3.49. The number of hydrogen-bond donors (Lipinski definition) is 1. The van der Waals surface area contributed by atoms with Crippen molar-refractivity contribution in [1.82, 2.24) is 14.5 Å². The monoisotopic (exact) mass is 350 g/mol. The number of likely N-dealkylation sites (N-methyl/N-ethyl adjacent to an activating group) is 1. The zero-order chi connectivity index (χ0) is 18.1. The molecule has 1 aliphatic rings. The van der Waals surface area contributed by atoms with E-state index in [1.54, 1.807) is 10.7 Å². The second kappa shape index (κ2) is 6.80. The largest absolute Gasteiger partial charge is 0.481 e. The third-order valence-corrected chi connectivity index (χ3v) is 5.01. The Morgan fingerprint density at radius 2 is 1.81 bits per heavy atom. The molecule has 0 bridgehead atoms. The van der Waals surface area contributed by atoms with Crippen molar-refractivity contribution >= 4 is 17.2 Å². The van der Waals surface area contributed by atoms with Gasteiger partial charge in [0.1, 0.15) is 0 Å². The molecule has 1 aromatic carbocycles. The summed E-state index contributed by atoms with van der Waals surface area (Å²) in [4.78, 5) is 15.8. The van der Waals surface area contributed by atoms with Gasteiger partial charge < -0.3 is 14.9 Å². The number of anilines is 1. The fourth-order valence-corrected chi connectivity index (χ4v) is 3.44. The lowest BCUT2D eigenvalue weighted by Crippen LogP contribution is -2.44. The molecule has 1 fully saturated rings. The van der Waals surface area contributed by atoms with E-state index in [9.17, 15) is 4.79 Å². The molecule has 4 rings (SSSR count). The van der Waals surface area contributed by atoms with Crippen molar-refractivity contribution < 1.29 is 9.90 Å². The molecule has 1 aliphatic heterocycles. The van der Waals surface area contributed by atoms with Gasteiger partial charge in [-0.1, -0.05) is 12.1 Å². The van der Waals surface area contributed by atoms with Gasteiger partial charge >= 0.3 is 5.97 Å². The molecule has 2 aromatic heterocycles. The van der Waals surface area contributed by atoms with Crippen molar-refractivity contribution in [2.45, 2.75) is 6.42 Å². The van der Waals surface area contributed by atoms with Crippen LogP contribution in [-0.4, -0.2) is 58.8 Å². The number of carboxylic acids is 1. The third kappa shape index (κ3) is 3.28. The lowest BCUT2D eigenvalue weighted by molar-refractivity contribution is -0.136. The molecule has 6 heteroatoms. The van der Waals surface area contributed by atoms with E-state index in [4.69, 9.17) is 5.11 Å². The zero-order valence-electron chi connectivity index (χ0n) is 14.8. The molecular formula is C20H22N4O2. The van der Waals surface area contributed by atoms with Gasteiger partial charge in [0.25, 0.3) is 0 Å². The molecule has 134 valence electrons. The van der Waals surface area contributed by atoms with Crippen LogP contribution in [0.3, 0.4) is 0 Å². The van der Waals surface area contributed by atoms with E-state index in [-0.39, 0.29) is 6.42 Å². The lowest BCUT2D eigenvalue weighted by Gasteiger charge is -2.34. The number of rotatable bonds is 4. The fourth-order valence-electron chi connectivity index (χ4n) is 3.44. The van der Waals surface area contributed by atoms with E-state index >= 15 is 0 Å². The molecule has 0 saturated carbocycles. The Morgan fingerprint density at radius 3 is 2.50 bits per heavy atom. The summed E-state index contributed by atoms with van der Waals surface area (Å²) in [6, 6.07) is 12.6. The van der Waals surface area contributed by atoms with Crippen molar-refractivity contribution in [2.75, 3.05) is 38.1 Å². The van der Waals surface area contributed by atoms with Crippen LogP contribution in [-0.2, 0) is 11.2 Å². The highest BCUT2D eigenvalue weighted by molar-refractivity contribution is 5.77. The number of piperazine rings is 1. The van der Waals surface area contributed by atoms with Gasteiger partial charge in [0, 0.05) is 43.6 Å². The minimum Gasteiger partial charge on any atom is -0.481 e. The van der Waals surface area contributed by atoms with Gasteiger partial charge in [-0.3, -0.25) is 4.79 Å². The molecule has 0 radical (unpaired) electrons. The molecular weight excluding hydrogens is 328 g/mol. The summed E-state index contributed by atoms with van der Waals surface area (Å²) in [7, 11) is 2.16. The summed E-state index contributed by atoms with van der Waals surface area (Å²) in [5, 5.41) is 13.3. The van der Waals surface area contributed by atoms with Crippen molar-refractivity contribution in [1.29, 1.82) is 0 Å². The maximum atomic E-state index is 11.0. The number of carboxylic acid groups (broad SMARTS) is 1. The lowest BCUT2D eigenvalue weighted by atomic mass is 10.0. The Balaban J connectivity index is 1.60. The molecule has 6 nitrogen and oxygen atoms in total. The highest BCUT2D eigenvalue weighted by Gasteiger charge is 2.14. The average Bonchev–Trinajstić information content (AvgIpc) is 3.04. The van der Waals surface area contributed by atoms with Crippen molar-refractivity contribution in [2.24, 2.45) is 0 Å². The molecule has 3 aromatic rings. The van der Waals surface area contributed by atoms with Crippen LogP contribution in [0.4, 0.5) is 5.69 Å². The number of pyridine rings is 1. The molecule has 3 heterocycles. The first-order valence-corrected chi connectivity index (χ1v) is 8.82. The highest BCUT2D eigenvalue weighted by atomic mass is 16.4. The van der Waals surface area contributed by atoms with Crippen molar-refractivity contribution in [3.05, 3.63) is 54.4 Å². The van der Waals surface area contributed by atoms with Gasteiger partial charge in [-0.05, 0) is 42.4 Å². The second-order valence-electron chi connectivity index (χ2n) is 6.82. The maximum absolute atomic E-state index is 11.0. The Kier molecular flexibility index (Phi) is 4.34. The molecule has 1 N–H and O–H groups in total. The number of hydrogen-bond acceptors (Lipinski definition) is 4. The van der Waals surface area contributed by atoms with Crippen LogP contribution in [0.5, 0.6) is 0 Å². The standard InChI is InChI=1S/C20H22N4O2/c1-22-8-10-23(11-9-22)18-4-2-15(3-5-18)16-6-7-24-19(12-16)17(14-21-24)13-20(25)26/h2-7,12,14H,8-11,13H2,1H3,(H,25,26). The third-order valence-electron chi connectivity index (χ3n) is 5.01. The molecule has 0 amide bonds. The summed E-state index contributed by atoms with van der Waals surface area (Å²) in [6.45, 7) is 4.28. The van der Waals surface area contributed by atoms with Crippen LogP contribution in [0.15, 0.2) is 48.8 Å². The number of aromatic nitrogens is 2. The first-order valence-electron chi connectivity index (χ1n) is 8.82. The van der Waals surface area contributed by atoms with Gasteiger partial charge in [-0.15, -0.1) is 0 Å². The Labute approximate surface area is 152 Å². The van der Waals surface area contributed by atoms with E-state index in [2.05, 4.69) is 46.2 Å². The first kappa shape index (κ1) is 16.6. The van der Waals surface area contributed by atoms with Crippen molar-refractivity contribution in [3.63, 3.8) is 0 Å². The molecule has 0 spiro atoms. The van der Waals surface area contributed by atoms with E-state index in [1.165, 1.54) is 5.69 Å². The highest BCUT2D eigenvalue weighted by Crippen LogP contribution is 2.26. The minimum atomic E-state index is -0.846. The summed E-state index contributed by atoms with van der Waals surface area (Å²) in [5.74, 6) is -0.846. The van der Waals surface area contributed by atoms with Gasteiger partial charge in [0.05, 0.1) is 18.1 Å². The second-order valence-corrected chi connectivity index (χ2v) is 6.82. The summed E-state index contributed by atoms with van der Waals surface area (Å²) < 4.78 is 1.72. The fraction of sp³-hybridized carbons (Fsp3) is 0.300. The molecule has 26 heavy (non-hydrogen) atoms. The Bertz CT molecular complexity index is 925. The molecule has 0 atom stereocenters. The molecule has 0 aliphatic carbocycles. The summed E-state index contributed by atoms with van der Waals surface area (Å²) >= 11 is 0. The number of nitrogens with zero attached hydrogens (tertiary/aromatic N) is 4. The molecule has 1 saturated heterocycles. The number of carbonyl (C=O) groups is 1. The van der Waals surface area contributed by atoms with Crippen LogP contribution >= 0.6 is 0 Å². The van der Waals surface area contributed by atoms with Crippen LogP contribution < -0.4 is 4.90 Å². The zero-order valence-corrected chi connectivity index (χ0v) is 14.8. The maximum Gasteiger partial charge on any atom is 0.307 e. The van der Waals surface area contributed by atoms with Crippen LogP contribution in [0.1, 0.15) is 5.56 Å². The van der Waals surface area contributed by atoms with Crippen LogP contribution in [0, 0.1) is 0 Å². The first-order chi connectivity index (χ1) is 12.6. The van der Waals surface area contributed by atoms with Gasteiger partial charge in [-0.2, -0.15) is 5.10 Å². The van der Waals surface area contributed by atoms with Gasteiger partial charge in [0.2, 0.25) is 0 Å². The number of aliphatic carboxylic acids is 1. The average molecular weight is 350 g/mol. The van der Waals surface area contributed by atoms with E-state index < -0.39 is 5.97 Å². The van der Waals surface area contributed by atoms with Gasteiger partial charge in [-0.25, -0.2) is 4.52 Å². The molecule has 0 unspecified atom stereocenters. The van der Waals surface area contributed by atoms with E-state index in [0.717, 1.165) is 48.4 Å². The number of fused-ring (bicyclic) bond motifs is 1. The van der Waals surface area contributed by atoms with E-state index in [0.29, 0.717) is 0 Å². The van der Waals surface area contributed by atoms with E-state index in [1.807, 2.05) is 18.3 Å². The Hall–Kier alpha value is -2.86. The normalized spacial score (nSPS) is 15.5. The van der Waals surface area contributed by atoms with Crippen molar-refractivity contribution in [3.8, 4) is 11.1 Å².